The number of hydrogen-bond donors (Lipinski definition) is 1. The maximum absolute atomic E-state index is 5.65. The fraction of sp³-hybridized carbons (Fsp3) is 0.286. The van der Waals surface area contributed by atoms with E-state index in [-0.39, 0.29) is 0 Å². The van der Waals surface area contributed by atoms with Crippen LogP contribution in [0.4, 0.5) is 0 Å². The molecule has 4 heteroatoms. The van der Waals surface area contributed by atoms with Crippen molar-refractivity contribution in [3.8, 4) is 5.75 Å². The summed E-state index contributed by atoms with van der Waals surface area (Å²) in [5.74, 6) is 0.906. The van der Waals surface area contributed by atoms with Crippen LogP contribution in [0.25, 0.3) is 0 Å². The van der Waals surface area contributed by atoms with Gasteiger partial charge >= 0.3 is 0 Å². The third-order valence-electron chi connectivity index (χ3n) is 2.60. The molecular weight excluding hydrogens is 310 g/mol. The summed E-state index contributed by atoms with van der Waals surface area (Å²) in [5, 5.41) is 5.55. The summed E-state index contributed by atoms with van der Waals surface area (Å²) in [5.41, 5.74) is 0. The lowest BCUT2D eigenvalue weighted by Gasteiger charge is -2.12. The van der Waals surface area contributed by atoms with Crippen LogP contribution in [0.15, 0.2) is 46.3 Å². The predicted molar refractivity (Wildman–Crippen MR) is 80.4 cm³/mol. The van der Waals surface area contributed by atoms with Crippen LogP contribution in [-0.4, -0.2) is 13.2 Å². The van der Waals surface area contributed by atoms with Crippen molar-refractivity contribution >= 4 is 27.3 Å². The average Bonchev–Trinajstić information content (AvgIpc) is 2.90. The lowest BCUT2D eigenvalue weighted by molar-refractivity contribution is 0.308. The summed E-state index contributed by atoms with van der Waals surface area (Å²) in [6, 6.07) is 12.5. The van der Waals surface area contributed by atoms with Gasteiger partial charge in [-0.15, -0.1) is 11.3 Å². The Bertz CT molecular complexity index is 455. The fourth-order valence-electron chi connectivity index (χ4n) is 1.61. The minimum absolute atomic E-state index is 0.388. The van der Waals surface area contributed by atoms with E-state index in [9.17, 15) is 0 Å². The van der Waals surface area contributed by atoms with Crippen molar-refractivity contribution in [2.75, 3.05) is 13.2 Å². The zero-order chi connectivity index (χ0) is 12.8. The van der Waals surface area contributed by atoms with Crippen LogP contribution < -0.4 is 10.1 Å². The molecule has 2 aromatic rings. The number of nitrogens with one attached hydrogen (secondary N) is 1. The Morgan fingerprint density at radius 2 is 2.06 bits per heavy atom. The largest absolute Gasteiger partial charge is 0.492 e. The van der Waals surface area contributed by atoms with Crippen molar-refractivity contribution in [1.29, 1.82) is 0 Å². The van der Waals surface area contributed by atoms with Crippen LogP contribution in [0.1, 0.15) is 17.8 Å². The lowest BCUT2D eigenvalue weighted by atomic mass is 10.3. The molecule has 0 aliphatic heterocycles. The number of thiophene rings is 1. The molecule has 96 valence electrons. The van der Waals surface area contributed by atoms with E-state index in [0.717, 1.165) is 16.8 Å². The highest BCUT2D eigenvalue weighted by atomic mass is 79.9. The van der Waals surface area contributed by atoms with E-state index in [1.165, 1.54) is 4.88 Å². The first-order chi connectivity index (χ1) is 8.75. The summed E-state index contributed by atoms with van der Waals surface area (Å²) in [4.78, 5) is 1.36. The van der Waals surface area contributed by atoms with E-state index in [2.05, 4.69) is 45.7 Å². The molecule has 2 rings (SSSR count). The standard InChI is InChI=1S/C14H16BrNOS/c1-11(14-3-2-10-18-14)16-8-9-17-13-6-4-12(15)5-7-13/h2-7,10-11,16H,8-9H2,1H3/t11-/m1/s1. The zero-order valence-corrected chi connectivity index (χ0v) is 12.6. The van der Waals surface area contributed by atoms with Crippen LogP contribution in [0.3, 0.4) is 0 Å². The Hall–Kier alpha value is -0.840. The molecule has 0 amide bonds. The molecule has 1 heterocycles. The highest BCUT2D eigenvalue weighted by Gasteiger charge is 2.04. The van der Waals surface area contributed by atoms with Crippen LogP contribution in [-0.2, 0) is 0 Å². The van der Waals surface area contributed by atoms with E-state index in [4.69, 9.17) is 4.74 Å². The van der Waals surface area contributed by atoms with E-state index in [1.807, 2.05) is 24.3 Å². The van der Waals surface area contributed by atoms with Crippen molar-refractivity contribution < 1.29 is 4.74 Å². The molecule has 1 N–H and O–H groups in total. The monoisotopic (exact) mass is 325 g/mol. The van der Waals surface area contributed by atoms with Gasteiger partial charge in [-0.05, 0) is 42.6 Å². The second kappa shape index (κ2) is 6.92. The van der Waals surface area contributed by atoms with Crippen LogP contribution in [0.5, 0.6) is 5.75 Å². The van der Waals surface area contributed by atoms with E-state index < -0.39 is 0 Å². The molecule has 0 aliphatic carbocycles. The number of hydrogen-bond acceptors (Lipinski definition) is 3. The number of rotatable bonds is 6. The first kappa shape index (κ1) is 13.6. The van der Waals surface area contributed by atoms with Gasteiger partial charge in [0.15, 0.2) is 0 Å². The van der Waals surface area contributed by atoms with Gasteiger partial charge in [0.2, 0.25) is 0 Å². The first-order valence-electron chi connectivity index (χ1n) is 5.91. The molecular formula is C14H16BrNOS. The molecule has 18 heavy (non-hydrogen) atoms. The molecule has 1 atom stereocenters. The Morgan fingerprint density at radius 1 is 1.28 bits per heavy atom. The van der Waals surface area contributed by atoms with Crippen molar-refractivity contribution in [3.05, 3.63) is 51.1 Å². The normalized spacial score (nSPS) is 12.3. The maximum atomic E-state index is 5.65. The highest BCUT2D eigenvalue weighted by Crippen LogP contribution is 2.18. The smallest absolute Gasteiger partial charge is 0.119 e. The van der Waals surface area contributed by atoms with E-state index in [0.29, 0.717) is 12.6 Å². The Balaban J connectivity index is 1.68. The van der Waals surface area contributed by atoms with Crippen molar-refractivity contribution in [2.45, 2.75) is 13.0 Å². The molecule has 0 radical (unpaired) electrons. The quantitative estimate of drug-likeness (QED) is 0.802. The van der Waals surface area contributed by atoms with Gasteiger partial charge in [-0.2, -0.15) is 0 Å². The maximum Gasteiger partial charge on any atom is 0.119 e. The van der Waals surface area contributed by atoms with Crippen molar-refractivity contribution in [2.24, 2.45) is 0 Å². The first-order valence-corrected chi connectivity index (χ1v) is 7.58. The number of halogens is 1. The molecule has 0 saturated carbocycles. The molecule has 0 aliphatic rings. The van der Waals surface area contributed by atoms with E-state index in [1.54, 1.807) is 11.3 Å². The number of ether oxygens (including phenoxy) is 1. The molecule has 0 fully saturated rings. The second-order valence-electron chi connectivity index (χ2n) is 3.99. The summed E-state index contributed by atoms with van der Waals surface area (Å²) in [7, 11) is 0. The van der Waals surface area contributed by atoms with Crippen molar-refractivity contribution in [3.63, 3.8) is 0 Å². The second-order valence-corrected chi connectivity index (χ2v) is 5.89. The van der Waals surface area contributed by atoms with Gasteiger partial charge in [0.25, 0.3) is 0 Å². The van der Waals surface area contributed by atoms with Crippen molar-refractivity contribution in [1.82, 2.24) is 5.32 Å². The Kier molecular flexibility index (Phi) is 5.23. The van der Waals surface area contributed by atoms with Crippen LogP contribution in [0.2, 0.25) is 0 Å². The summed E-state index contributed by atoms with van der Waals surface area (Å²) < 4.78 is 6.72. The summed E-state index contributed by atoms with van der Waals surface area (Å²) >= 11 is 5.18. The number of benzene rings is 1. The Labute approximate surface area is 120 Å². The molecule has 0 bridgehead atoms. The lowest BCUT2D eigenvalue weighted by Crippen LogP contribution is -2.23. The van der Waals surface area contributed by atoms with Gasteiger partial charge in [-0.3, -0.25) is 0 Å². The molecule has 1 aromatic carbocycles. The van der Waals surface area contributed by atoms with Gasteiger partial charge in [0.05, 0.1) is 0 Å². The average molecular weight is 326 g/mol. The topological polar surface area (TPSA) is 21.3 Å². The van der Waals surface area contributed by atoms with Gasteiger partial charge in [0, 0.05) is 21.9 Å². The van der Waals surface area contributed by atoms with Crippen LogP contribution in [0, 0.1) is 0 Å². The van der Waals surface area contributed by atoms with Gasteiger partial charge in [-0.25, -0.2) is 0 Å². The summed E-state index contributed by atoms with van der Waals surface area (Å²) in [6.45, 7) is 3.69. The van der Waals surface area contributed by atoms with Gasteiger partial charge in [0.1, 0.15) is 12.4 Å². The third kappa shape index (κ3) is 4.12. The van der Waals surface area contributed by atoms with Gasteiger partial charge in [-0.1, -0.05) is 22.0 Å². The predicted octanol–water partition coefficient (Wildman–Crippen LogP) is 4.24. The minimum atomic E-state index is 0.388. The van der Waals surface area contributed by atoms with Crippen LogP contribution >= 0.6 is 27.3 Å². The fourth-order valence-corrected chi connectivity index (χ4v) is 2.64. The highest BCUT2D eigenvalue weighted by molar-refractivity contribution is 9.10. The van der Waals surface area contributed by atoms with E-state index >= 15 is 0 Å². The SMILES string of the molecule is C[C@@H](NCCOc1ccc(Br)cc1)c1cccs1. The summed E-state index contributed by atoms with van der Waals surface area (Å²) in [6.07, 6.45) is 0. The molecule has 0 spiro atoms. The zero-order valence-electron chi connectivity index (χ0n) is 10.2. The Morgan fingerprint density at radius 3 is 2.72 bits per heavy atom. The molecule has 2 nitrogen and oxygen atoms in total. The molecule has 0 unspecified atom stereocenters. The minimum Gasteiger partial charge on any atom is -0.492 e. The third-order valence-corrected chi connectivity index (χ3v) is 4.19. The van der Waals surface area contributed by atoms with Gasteiger partial charge < -0.3 is 10.1 Å². The molecule has 0 saturated heterocycles. The molecule has 1 aromatic heterocycles.